The van der Waals surface area contributed by atoms with Crippen molar-refractivity contribution in [3.63, 3.8) is 0 Å². The van der Waals surface area contributed by atoms with E-state index in [0.717, 1.165) is 6.42 Å². The van der Waals surface area contributed by atoms with Gasteiger partial charge >= 0.3 is 0 Å². The average molecular weight is 271 g/mol. The molecule has 6 heteroatoms. The summed E-state index contributed by atoms with van der Waals surface area (Å²) >= 11 is 0. The first kappa shape index (κ1) is 15.9. The van der Waals surface area contributed by atoms with Gasteiger partial charge in [0.15, 0.2) is 0 Å². The van der Waals surface area contributed by atoms with Crippen LogP contribution >= 0.6 is 0 Å². The molecule has 4 N–H and O–H groups in total. The third-order valence-corrected chi connectivity index (χ3v) is 3.71. The van der Waals surface area contributed by atoms with Crippen LogP contribution in [0.2, 0.25) is 0 Å². The van der Waals surface area contributed by atoms with E-state index in [1.165, 1.54) is 0 Å². The minimum atomic E-state index is -0.597. The monoisotopic (exact) mass is 271 g/mol. The lowest BCUT2D eigenvalue weighted by Crippen LogP contribution is -2.51. The molecular weight excluding hydrogens is 246 g/mol. The molecular formula is C13H25N3O3. The predicted molar refractivity (Wildman–Crippen MR) is 72.2 cm³/mol. The fourth-order valence-electron chi connectivity index (χ4n) is 1.97. The highest BCUT2D eigenvalue weighted by atomic mass is 16.3. The quantitative estimate of drug-likeness (QED) is 0.631. The number of piperidine rings is 1. The second-order valence-electron chi connectivity index (χ2n) is 5.66. The molecule has 1 aliphatic rings. The standard InChI is InChI=1S/C13H25N3O3/c1-8(2)12(14)13(19)15-6-11(18)16-5-4-9(3)10(17)7-16/h8-10,12,17H,4-7,14H2,1-3H3,(H,15,19)/t9?,10?,12-/m0/s1. The van der Waals surface area contributed by atoms with Crippen molar-refractivity contribution in [1.29, 1.82) is 0 Å². The van der Waals surface area contributed by atoms with Crippen LogP contribution in [0.4, 0.5) is 0 Å². The van der Waals surface area contributed by atoms with E-state index in [-0.39, 0.29) is 30.2 Å². The van der Waals surface area contributed by atoms with Crippen LogP contribution in [0.5, 0.6) is 0 Å². The molecule has 0 aliphatic carbocycles. The molecule has 1 saturated heterocycles. The van der Waals surface area contributed by atoms with Crippen molar-refractivity contribution in [2.45, 2.75) is 39.3 Å². The summed E-state index contributed by atoms with van der Waals surface area (Å²) in [4.78, 5) is 25.1. The van der Waals surface area contributed by atoms with E-state index in [1.54, 1.807) is 4.90 Å². The number of nitrogens with two attached hydrogens (primary N) is 1. The maximum Gasteiger partial charge on any atom is 0.242 e. The number of likely N-dealkylation sites (tertiary alicyclic amines) is 1. The van der Waals surface area contributed by atoms with Gasteiger partial charge in [-0.3, -0.25) is 9.59 Å². The summed E-state index contributed by atoms with van der Waals surface area (Å²) in [7, 11) is 0. The number of nitrogens with zero attached hydrogens (tertiary/aromatic N) is 1. The lowest BCUT2D eigenvalue weighted by Gasteiger charge is -2.34. The molecule has 19 heavy (non-hydrogen) atoms. The maximum absolute atomic E-state index is 11.9. The number of amides is 2. The van der Waals surface area contributed by atoms with Gasteiger partial charge in [-0.1, -0.05) is 20.8 Å². The number of nitrogens with one attached hydrogen (secondary N) is 1. The highest BCUT2D eigenvalue weighted by Crippen LogP contribution is 2.16. The number of carbonyl (C=O) groups excluding carboxylic acids is 2. The summed E-state index contributed by atoms with van der Waals surface area (Å²) in [6.07, 6.45) is 0.304. The summed E-state index contributed by atoms with van der Waals surface area (Å²) in [6.45, 7) is 6.59. The summed E-state index contributed by atoms with van der Waals surface area (Å²) in [6, 6.07) is -0.597. The first-order chi connectivity index (χ1) is 8.82. The van der Waals surface area contributed by atoms with Gasteiger partial charge in [-0.15, -0.1) is 0 Å². The Kier molecular flexibility index (Phi) is 5.75. The zero-order valence-electron chi connectivity index (χ0n) is 11.9. The third kappa shape index (κ3) is 4.47. The number of aliphatic hydroxyl groups excluding tert-OH is 1. The van der Waals surface area contributed by atoms with Gasteiger partial charge in [0.05, 0.1) is 18.7 Å². The molecule has 110 valence electrons. The number of rotatable bonds is 4. The molecule has 0 aromatic rings. The van der Waals surface area contributed by atoms with Crippen molar-refractivity contribution >= 4 is 11.8 Å². The number of β-amino-alcohol motifs (C(OH)–C–C–N with tert-alkyl or cyclic N) is 1. The Morgan fingerprint density at radius 2 is 2.11 bits per heavy atom. The van der Waals surface area contributed by atoms with Crippen LogP contribution in [0.3, 0.4) is 0 Å². The summed E-state index contributed by atoms with van der Waals surface area (Å²) in [5.74, 6) is -0.231. The van der Waals surface area contributed by atoms with Crippen molar-refractivity contribution in [2.75, 3.05) is 19.6 Å². The first-order valence-electron chi connectivity index (χ1n) is 6.82. The van der Waals surface area contributed by atoms with Crippen LogP contribution in [-0.4, -0.2) is 53.6 Å². The van der Waals surface area contributed by atoms with Gasteiger partial charge < -0.3 is 21.1 Å². The SMILES string of the molecule is CC1CCN(C(=O)CNC(=O)[C@@H](N)C(C)C)CC1O. The summed E-state index contributed by atoms with van der Waals surface area (Å²) in [5.41, 5.74) is 5.69. The molecule has 6 nitrogen and oxygen atoms in total. The molecule has 2 unspecified atom stereocenters. The summed E-state index contributed by atoms with van der Waals surface area (Å²) in [5, 5.41) is 12.3. The number of hydrogen-bond donors (Lipinski definition) is 3. The molecule has 0 aromatic heterocycles. The predicted octanol–water partition coefficient (Wildman–Crippen LogP) is -0.685. The Hall–Kier alpha value is -1.14. The van der Waals surface area contributed by atoms with E-state index in [0.29, 0.717) is 13.1 Å². The van der Waals surface area contributed by atoms with E-state index in [4.69, 9.17) is 5.73 Å². The van der Waals surface area contributed by atoms with Crippen LogP contribution in [0.15, 0.2) is 0 Å². The molecule has 0 aromatic carbocycles. The molecule has 2 amide bonds. The molecule has 0 saturated carbocycles. The van der Waals surface area contributed by atoms with Crippen molar-refractivity contribution in [2.24, 2.45) is 17.6 Å². The average Bonchev–Trinajstić information content (AvgIpc) is 2.37. The first-order valence-corrected chi connectivity index (χ1v) is 6.82. The Balaban J connectivity index is 2.37. The van der Waals surface area contributed by atoms with Gasteiger partial charge in [0.25, 0.3) is 0 Å². The molecule has 0 bridgehead atoms. The van der Waals surface area contributed by atoms with Gasteiger partial charge in [-0.2, -0.15) is 0 Å². The molecule has 3 atom stereocenters. The fraction of sp³-hybridized carbons (Fsp3) is 0.846. The Labute approximate surface area is 114 Å². The molecule has 1 aliphatic heterocycles. The van der Waals surface area contributed by atoms with Gasteiger partial charge in [0.1, 0.15) is 0 Å². The van der Waals surface area contributed by atoms with Crippen molar-refractivity contribution in [1.82, 2.24) is 10.2 Å². The zero-order chi connectivity index (χ0) is 14.6. The summed E-state index contributed by atoms with van der Waals surface area (Å²) < 4.78 is 0. The topological polar surface area (TPSA) is 95.7 Å². The van der Waals surface area contributed by atoms with E-state index in [2.05, 4.69) is 5.32 Å². The van der Waals surface area contributed by atoms with E-state index < -0.39 is 12.1 Å². The minimum Gasteiger partial charge on any atom is -0.391 e. The Bertz CT molecular complexity index is 333. The second-order valence-corrected chi connectivity index (χ2v) is 5.66. The second kappa shape index (κ2) is 6.86. The molecule has 1 fully saturated rings. The van der Waals surface area contributed by atoms with Crippen LogP contribution < -0.4 is 11.1 Å². The van der Waals surface area contributed by atoms with E-state index in [1.807, 2.05) is 20.8 Å². The van der Waals surface area contributed by atoms with Crippen LogP contribution in [0.1, 0.15) is 27.2 Å². The van der Waals surface area contributed by atoms with E-state index in [9.17, 15) is 14.7 Å². The van der Waals surface area contributed by atoms with Gasteiger partial charge in [0.2, 0.25) is 11.8 Å². The fourth-order valence-corrected chi connectivity index (χ4v) is 1.97. The Morgan fingerprint density at radius 3 is 2.63 bits per heavy atom. The van der Waals surface area contributed by atoms with Crippen LogP contribution in [-0.2, 0) is 9.59 Å². The van der Waals surface area contributed by atoms with Crippen molar-refractivity contribution in [3.8, 4) is 0 Å². The number of carbonyl (C=O) groups is 2. The van der Waals surface area contributed by atoms with Gasteiger partial charge in [-0.25, -0.2) is 0 Å². The number of aliphatic hydroxyl groups is 1. The highest BCUT2D eigenvalue weighted by molar-refractivity contribution is 5.87. The largest absolute Gasteiger partial charge is 0.391 e. The smallest absolute Gasteiger partial charge is 0.242 e. The van der Waals surface area contributed by atoms with Crippen LogP contribution in [0.25, 0.3) is 0 Å². The lowest BCUT2D eigenvalue weighted by molar-refractivity contribution is -0.136. The van der Waals surface area contributed by atoms with Gasteiger partial charge in [0, 0.05) is 13.1 Å². The third-order valence-electron chi connectivity index (χ3n) is 3.71. The number of hydrogen-bond acceptors (Lipinski definition) is 4. The normalized spacial score (nSPS) is 25.3. The van der Waals surface area contributed by atoms with Crippen molar-refractivity contribution in [3.05, 3.63) is 0 Å². The maximum atomic E-state index is 11.9. The minimum absolute atomic E-state index is 0.0350. The molecule has 0 radical (unpaired) electrons. The van der Waals surface area contributed by atoms with Crippen molar-refractivity contribution < 1.29 is 14.7 Å². The van der Waals surface area contributed by atoms with Crippen LogP contribution in [0, 0.1) is 11.8 Å². The molecule has 1 heterocycles. The Morgan fingerprint density at radius 1 is 1.47 bits per heavy atom. The zero-order valence-corrected chi connectivity index (χ0v) is 11.9. The van der Waals surface area contributed by atoms with Gasteiger partial charge in [-0.05, 0) is 18.3 Å². The lowest BCUT2D eigenvalue weighted by atomic mass is 9.96. The highest BCUT2D eigenvalue weighted by Gasteiger charge is 2.27. The molecule has 1 rings (SSSR count). The molecule has 0 spiro atoms. The van der Waals surface area contributed by atoms with E-state index >= 15 is 0 Å².